The van der Waals surface area contributed by atoms with E-state index >= 15 is 0 Å². The lowest BCUT2D eigenvalue weighted by atomic mass is 10.1. The number of nitrogens with one attached hydrogen (secondary N) is 1. The van der Waals surface area contributed by atoms with Gasteiger partial charge in [-0.3, -0.25) is 4.79 Å². The van der Waals surface area contributed by atoms with Gasteiger partial charge in [-0.05, 0) is 42.3 Å². The minimum absolute atomic E-state index is 0.159. The summed E-state index contributed by atoms with van der Waals surface area (Å²) in [6, 6.07) is 11.9. The highest BCUT2D eigenvalue weighted by molar-refractivity contribution is 7.90. The van der Waals surface area contributed by atoms with Gasteiger partial charge < -0.3 is 5.32 Å². The van der Waals surface area contributed by atoms with E-state index in [1.807, 2.05) is 6.92 Å². The summed E-state index contributed by atoms with van der Waals surface area (Å²) in [5.41, 5.74) is 1.54. The maximum atomic E-state index is 12.8. The molecule has 23 heavy (non-hydrogen) atoms. The van der Waals surface area contributed by atoms with E-state index in [4.69, 9.17) is 0 Å². The van der Waals surface area contributed by atoms with Gasteiger partial charge in [-0.15, -0.1) is 0 Å². The molecule has 0 unspecified atom stereocenters. The predicted molar refractivity (Wildman–Crippen MR) is 86.2 cm³/mol. The Morgan fingerprint density at radius 3 is 2.17 bits per heavy atom. The number of carbonyl (C=O) groups excluding carboxylic acids is 1. The maximum absolute atomic E-state index is 12.8. The van der Waals surface area contributed by atoms with E-state index in [0.717, 1.165) is 17.4 Å². The van der Waals surface area contributed by atoms with Crippen LogP contribution in [0.1, 0.15) is 24.1 Å². The molecule has 2 rings (SSSR count). The van der Waals surface area contributed by atoms with Gasteiger partial charge in [-0.25, -0.2) is 12.8 Å². The average Bonchev–Trinajstić information content (AvgIpc) is 2.49. The molecule has 0 aliphatic rings. The molecule has 0 aromatic heterocycles. The van der Waals surface area contributed by atoms with Crippen LogP contribution in [-0.2, 0) is 21.1 Å². The predicted octanol–water partition coefficient (Wildman–Crippen LogP) is 2.65. The van der Waals surface area contributed by atoms with Crippen molar-refractivity contribution in [3.8, 4) is 0 Å². The van der Waals surface area contributed by atoms with E-state index in [0.29, 0.717) is 0 Å². The van der Waals surface area contributed by atoms with Crippen LogP contribution in [-0.4, -0.2) is 20.6 Å². The molecule has 0 aliphatic heterocycles. The lowest BCUT2D eigenvalue weighted by Crippen LogP contribution is -2.28. The van der Waals surface area contributed by atoms with Crippen molar-refractivity contribution >= 4 is 15.7 Å². The van der Waals surface area contributed by atoms with E-state index in [1.54, 1.807) is 24.3 Å². The van der Waals surface area contributed by atoms with Gasteiger partial charge in [0.2, 0.25) is 5.91 Å². The molecule has 2 aromatic rings. The molecule has 0 fully saturated rings. The topological polar surface area (TPSA) is 63.2 Å². The van der Waals surface area contributed by atoms with Gasteiger partial charge in [0, 0.05) is 6.26 Å². The van der Waals surface area contributed by atoms with Crippen LogP contribution in [0.15, 0.2) is 53.4 Å². The lowest BCUT2D eigenvalue weighted by Gasteiger charge is -2.15. The minimum Gasteiger partial charge on any atom is -0.349 e. The number of hydrogen-bond acceptors (Lipinski definition) is 3. The number of amides is 1. The van der Waals surface area contributed by atoms with Crippen molar-refractivity contribution in [3.05, 3.63) is 65.5 Å². The molecule has 0 radical (unpaired) electrons. The molecule has 0 saturated carbocycles. The first-order valence-electron chi connectivity index (χ1n) is 7.09. The number of benzene rings is 2. The SMILES string of the molecule is C[C@@H](NC(=O)Cc1ccc(F)cc1)c1ccc(S(C)(=O)=O)cc1. The van der Waals surface area contributed by atoms with Gasteiger partial charge >= 0.3 is 0 Å². The van der Waals surface area contributed by atoms with E-state index in [-0.39, 0.29) is 29.1 Å². The third-order valence-corrected chi connectivity index (χ3v) is 4.59. The largest absolute Gasteiger partial charge is 0.349 e. The molecule has 2 aromatic carbocycles. The average molecular weight is 335 g/mol. The maximum Gasteiger partial charge on any atom is 0.224 e. The summed E-state index contributed by atoms with van der Waals surface area (Å²) in [7, 11) is -3.23. The number of halogens is 1. The first-order chi connectivity index (χ1) is 10.8. The zero-order chi connectivity index (χ0) is 17.0. The Morgan fingerprint density at radius 2 is 1.65 bits per heavy atom. The summed E-state index contributed by atoms with van der Waals surface area (Å²) < 4.78 is 35.7. The van der Waals surface area contributed by atoms with Gasteiger partial charge in [-0.2, -0.15) is 0 Å². The molecular weight excluding hydrogens is 317 g/mol. The van der Waals surface area contributed by atoms with Crippen LogP contribution < -0.4 is 5.32 Å². The van der Waals surface area contributed by atoms with E-state index in [2.05, 4.69) is 5.32 Å². The van der Waals surface area contributed by atoms with Crippen molar-refractivity contribution in [3.63, 3.8) is 0 Å². The molecule has 6 heteroatoms. The summed E-state index contributed by atoms with van der Waals surface area (Å²) in [6.45, 7) is 1.82. The second-order valence-electron chi connectivity index (χ2n) is 5.43. The van der Waals surface area contributed by atoms with Crippen molar-refractivity contribution < 1.29 is 17.6 Å². The van der Waals surface area contributed by atoms with Crippen LogP contribution in [0, 0.1) is 5.82 Å². The Morgan fingerprint density at radius 1 is 1.09 bits per heavy atom. The van der Waals surface area contributed by atoms with Crippen molar-refractivity contribution in [1.82, 2.24) is 5.32 Å². The second kappa shape index (κ2) is 6.91. The van der Waals surface area contributed by atoms with E-state index in [9.17, 15) is 17.6 Å². The van der Waals surface area contributed by atoms with Gasteiger partial charge in [0.15, 0.2) is 9.84 Å². The van der Waals surface area contributed by atoms with Crippen LogP contribution in [0.3, 0.4) is 0 Å². The smallest absolute Gasteiger partial charge is 0.224 e. The minimum atomic E-state index is -3.23. The van der Waals surface area contributed by atoms with Crippen molar-refractivity contribution in [2.75, 3.05) is 6.26 Å². The van der Waals surface area contributed by atoms with Gasteiger partial charge in [0.1, 0.15) is 5.82 Å². The Hall–Kier alpha value is -2.21. The molecule has 0 spiro atoms. The highest BCUT2D eigenvalue weighted by atomic mass is 32.2. The Bertz CT molecular complexity index is 784. The molecule has 1 atom stereocenters. The number of carbonyl (C=O) groups is 1. The summed E-state index contributed by atoms with van der Waals surface area (Å²) in [6.07, 6.45) is 1.31. The van der Waals surface area contributed by atoms with Crippen molar-refractivity contribution in [2.45, 2.75) is 24.3 Å². The zero-order valence-corrected chi connectivity index (χ0v) is 13.7. The first kappa shape index (κ1) is 17.1. The highest BCUT2D eigenvalue weighted by Crippen LogP contribution is 2.16. The Balaban J connectivity index is 1.99. The monoisotopic (exact) mass is 335 g/mol. The molecule has 1 amide bonds. The number of rotatable bonds is 5. The fourth-order valence-corrected chi connectivity index (χ4v) is 2.80. The van der Waals surface area contributed by atoms with Crippen LogP contribution >= 0.6 is 0 Å². The van der Waals surface area contributed by atoms with Gasteiger partial charge in [0.25, 0.3) is 0 Å². The van der Waals surface area contributed by atoms with Crippen molar-refractivity contribution in [2.24, 2.45) is 0 Å². The van der Waals surface area contributed by atoms with E-state index in [1.165, 1.54) is 24.3 Å². The third kappa shape index (κ3) is 4.89. The highest BCUT2D eigenvalue weighted by Gasteiger charge is 2.12. The molecule has 0 heterocycles. The van der Waals surface area contributed by atoms with Crippen LogP contribution in [0.25, 0.3) is 0 Å². The normalized spacial score (nSPS) is 12.7. The zero-order valence-electron chi connectivity index (χ0n) is 12.9. The summed E-state index contributed by atoms with van der Waals surface area (Å²) in [4.78, 5) is 12.2. The number of sulfone groups is 1. The van der Waals surface area contributed by atoms with Crippen LogP contribution in [0.4, 0.5) is 4.39 Å². The molecule has 0 saturated heterocycles. The van der Waals surface area contributed by atoms with Crippen LogP contribution in [0.5, 0.6) is 0 Å². The molecule has 122 valence electrons. The fourth-order valence-electron chi connectivity index (χ4n) is 2.17. The molecule has 1 N–H and O–H groups in total. The van der Waals surface area contributed by atoms with Crippen molar-refractivity contribution in [1.29, 1.82) is 0 Å². The molecule has 0 bridgehead atoms. The first-order valence-corrected chi connectivity index (χ1v) is 8.98. The van der Waals surface area contributed by atoms with Gasteiger partial charge in [-0.1, -0.05) is 24.3 Å². The standard InChI is InChI=1S/C17H18FNO3S/c1-12(14-5-9-16(10-6-14)23(2,21)22)19-17(20)11-13-3-7-15(18)8-4-13/h3-10,12H,11H2,1-2H3,(H,19,20)/t12-/m1/s1. The molecule has 0 aliphatic carbocycles. The fraction of sp³-hybridized carbons (Fsp3) is 0.235. The quantitative estimate of drug-likeness (QED) is 0.914. The number of hydrogen-bond donors (Lipinski definition) is 1. The van der Waals surface area contributed by atoms with Gasteiger partial charge in [0.05, 0.1) is 17.4 Å². The van der Waals surface area contributed by atoms with E-state index < -0.39 is 9.84 Å². The molecule has 4 nitrogen and oxygen atoms in total. The lowest BCUT2D eigenvalue weighted by molar-refractivity contribution is -0.121. The summed E-state index contributed by atoms with van der Waals surface area (Å²) in [5.74, 6) is -0.523. The summed E-state index contributed by atoms with van der Waals surface area (Å²) in [5, 5.41) is 2.84. The molecular formula is C17H18FNO3S. The third-order valence-electron chi connectivity index (χ3n) is 3.46. The second-order valence-corrected chi connectivity index (χ2v) is 7.45. The Labute approximate surface area is 135 Å². The Kier molecular flexibility index (Phi) is 5.15. The van der Waals surface area contributed by atoms with Crippen LogP contribution in [0.2, 0.25) is 0 Å². The summed E-state index contributed by atoms with van der Waals surface area (Å²) >= 11 is 0.